The molecule has 0 amide bonds. The minimum Gasteiger partial charge on any atom is -0.497 e. The molecule has 0 aromatic heterocycles. The predicted octanol–water partition coefficient (Wildman–Crippen LogP) is 0.592. The van der Waals surface area contributed by atoms with Gasteiger partial charge >= 0.3 is 0 Å². The molecule has 19 heavy (non-hydrogen) atoms. The summed E-state index contributed by atoms with van der Waals surface area (Å²) < 4.78 is 37.0. The molecule has 0 spiro atoms. The second-order valence-electron chi connectivity index (χ2n) is 3.87. The van der Waals surface area contributed by atoms with E-state index >= 15 is 0 Å². The van der Waals surface area contributed by atoms with Crippen molar-refractivity contribution in [1.29, 1.82) is 0 Å². The van der Waals surface area contributed by atoms with Crippen LogP contribution in [0.2, 0.25) is 0 Å². The molecule has 0 atom stereocenters. The SMILES string of the molecule is CNCCCNS(=O)(=O)c1cc(OC)ccc1OC. The van der Waals surface area contributed by atoms with Crippen LogP contribution in [0.4, 0.5) is 0 Å². The number of rotatable bonds is 8. The van der Waals surface area contributed by atoms with Crippen molar-refractivity contribution in [1.82, 2.24) is 10.0 Å². The highest BCUT2D eigenvalue weighted by Gasteiger charge is 2.19. The summed E-state index contributed by atoms with van der Waals surface area (Å²) in [4.78, 5) is 0.0822. The topological polar surface area (TPSA) is 76.7 Å². The third-order valence-electron chi connectivity index (χ3n) is 2.56. The molecule has 0 aliphatic rings. The van der Waals surface area contributed by atoms with E-state index in [0.29, 0.717) is 24.5 Å². The molecule has 2 N–H and O–H groups in total. The number of nitrogens with one attached hydrogen (secondary N) is 2. The molecule has 0 radical (unpaired) electrons. The minimum atomic E-state index is -3.60. The smallest absolute Gasteiger partial charge is 0.244 e. The number of methoxy groups -OCH3 is 2. The van der Waals surface area contributed by atoms with Gasteiger partial charge in [0, 0.05) is 12.6 Å². The quantitative estimate of drug-likeness (QED) is 0.685. The fourth-order valence-electron chi connectivity index (χ4n) is 1.54. The molecule has 0 aliphatic heterocycles. The van der Waals surface area contributed by atoms with Crippen molar-refractivity contribution in [3.8, 4) is 11.5 Å². The fourth-order valence-corrected chi connectivity index (χ4v) is 2.80. The zero-order valence-corrected chi connectivity index (χ0v) is 12.2. The molecule has 1 rings (SSSR count). The van der Waals surface area contributed by atoms with Gasteiger partial charge < -0.3 is 14.8 Å². The van der Waals surface area contributed by atoms with Crippen LogP contribution in [0.15, 0.2) is 23.1 Å². The Hall–Kier alpha value is -1.31. The van der Waals surface area contributed by atoms with Crippen LogP contribution >= 0.6 is 0 Å². The summed E-state index contributed by atoms with van der Waals surface area (Å²) in [6.45, 7) is 1.11. The van der Waals surface area contributed by atoms with Crippen LogP contribution in [0.25, 0.3) is 0 Å². The summed E-state index contributed by atoms with van der Waals surface area (Å²) in [6.07, 6.45) is 0.710. The van der Waals surface area contributed by atoms with Crippen LogP contribution in [-0.4, -0.2) is 42.8 Å². The number of sulfonamides is 1. The largest absolute Gasteiger partial charge is 0.497 e. The lowest BCUT2D eigenvalue weighted by atomic mass is 10.3. The minimum absolute atomic E-state index is 0.0822. The van der Waals surface area contributed by atoms with Gasteiger partial charge in [0.2, 0.25) is 10.0 Å². The standard InChI is InChI=1S/C12H20N2O4S/c1-13-7-4-8-14-19(15,16)12-9-10(17-2)5-6-11(12)18-3/h5-6,9,13-14H,4,7-8H2,1-3H3. The first-order valence-electron chi connectivity index (χ1n) is 5.91. The summed E-state index contributed by atoms with van der Waals surface area (Å²) in [5.74, 6) is 0.762. The first-order valence-corrected chi connectivity index (χ1v) is 7.39. The van der Waals surface area contributed by atoms with Gasteiger partial charge in [-0.05, 0) is 32.1 Å². The molecule has 1 aromatic carbocycles. The summed E-state index contributed by atoms with van der Waals surface area (Å²) in [5, 5.41) is 2.96. The van der Waals surface area contributed by atoms with Crippen molar-refractivity contribution in [3.05, 3.63) is 18.2 Å². The van der Waals surface area contributed by atoms with Crippen LogP contribution < -0.4 is 19.5 Å². The van der Waals surface area contributed by atoms with E-state index in [9.17, 15) is 8.42 Å². The van der Waals surface area contributed by atoms with Gasteiger partial charge in [0.05, 0.1) is 14.2 Å². The highest BCUT2D eigenvalue weighted by molar-refractivity contribution is 7.89. The Morgan fingerprint density at radius 2 is 1.89 bits per heavy atom. The van der Waals surface area contributed by atoms with E-state index in [-0.39, 0.29) is 4.90 Å². The van der Waals surface area contributed by atoms with Gasteiger partial charge in [-0.25, -0.2) is 13.1 Å². The second kappa shape index (κ2) is 7.32. The normalized spacial score (nSPS) is 11.3. The maximum atomic E-state index is 12.2. The number of benzene rings is 1. The van der Waals surface area contributed by atoms with Gasteiger partial charge in [0.1, 0.15) is 16.4 Å². The predicted molar refractivity (Wildman–Crippen MR) is 73.3 cm³/mol. The molecule has 6 nitrogen and oxygen atoms in total. The lowest BCUT2D eigenvalue weighted by Crippen LogP contribution is -2.27. The monoisotopic (exact) mass is 288 g/mol. The maximum Gasteiger partial charge on any atom is 0.244 e. The maximum absolute atomic E-state index is 12.2. The van der Waals surface area contributed by atoms with Crippen molar-refractivity contribution >= 4 is 10.0 Å². The third kappa shape index (κ3) is 4.38. The van der Waals surface area contributed by atoms with Gasteiger partial charge in [-0.1, -0.05) is 0 Å². The molecule has 108 valence electrons. The first kappa shape index (κ1) is 15.7. The van der Waals surface area contributed by atoms with Crippen molar-refractivity contribution in [3.63, 3.8) is 0 Å². The van der Waals surface area contributed by atoms with Crippen molar-refractivity contribution in [2.45, 2.75) is 11.3 Å². The lowest BCUT2D eigenvalue weighted by Gasteiger charge is -2.12. The lowest BCUT2D eigenvalue weighted by molar-refractivity contribution is 0.392. The molecule has 0 saturated carbocycles. The Morgan fingerprint density at radius 1 is 1.16 bits per heavy atom. The number of hydrogen-bond donors (Lipinski definition) is 2. The Kier molecular flexibility index (Phi) is 6.07. The molecule has 0 unspecified atom stereocenters. The Balaban J connectivity index is 2.92. The zero-order valence-electron chi connectivity index (χ0n) is 11.4. The van der Waals surface area contributed by atoms with E-state index in [1.54, 1.807) is 12.1 Å². The molecular formula is C12H20N2O4S. The van der Waals surface area contributed by atoms with Crippen LogP contribution in [0.1, 0.15) is 6.42 Å². The van der Waals surface area contributed by atoms with Crippen LogP contribution in [0, 0.1) is 0 Å². The number of ether oxygens (including phenoxy) is 2. The van der Waals surface area contributed by atoms with E-state index in [4.69, 9.17) is 9.47 Å². The molecule has 0 aliphatic carbocycles. The van der Waals surface area contributed by atoms with E-state index in [2.05, 4.69) is 10.0 Å². The molecule has 0 fully saturated rings. The van der Waals surface area contributed by atoms with E-state index in [1.807, 2.05) is 7.05 Å². The summed E-state index contributed by atoms with van der Waals surface area (Å²) in [6, 6.07) is 4.67. The Bertz CT molecular complexity index is 502. The van der Waals surface area contributed by atoms with Crippen LogP contribution in [0.3, 0.4) is 0 Å². The first-order chi connectivity index (χ1) is 9.05. The molecule has 0 saturated heterocycles. The summed E-state index contributed by atoms with van der Waals surface area (Å²) >= 11 is 0. The molecule has 0 heterocycles. The summed E-state index contributed by atoms with van der Waals surface area (Å²) in [5.41, 5.74) is 0. The van der Waals surface area contributed by atoms with E-state index in [0.717, 1.165) is 6.54 Å². The molecule has 0 bridgehead atoms. The van der Waals surface area contributed by atoms with Crippen molar-refractivity contribution < 1.29 is 17.9 Å². The Labute approximate surface area is 114 Å². The Morgan fingerprint density at radius 3 is 2.47 bits per heavy atom. The van der Waals surface area contributed by atoms with E-state index < -0.39 is 10.0 Å². The van der Waals surface area contributed by atoms with Gasteiger partial charge in [-0.3, -0.25) is 0 Å². The van der Waals surface area contributed by atoms with Gasteiger partial charge in [0.25, 0.3) is 0 Å². The molecule has 1 aromatic rings. The highest BCUT2D eigenvalue weighted by Crippen LogP contribution is 2.27. The van der Waals surface area contributed by atoms with Crippen LogP contribution in [0.5, 0.6) is 11.5 Å². The number of hydrogen-bond acceptors (Lipinski definition) is 5. The zero-order chi connectivity index (χ0) is 14.3. The van der Waals surface area contributed by atoms with Gasteiger partial charge in [-0.2, -0.15) is 0 Å². The van der Waals surface area contributed by atoms with Crippen molar-refractivity contribution in [2.24, 2.45) is 0 Å². The van der Waals surface area contributed by atoms with E-state index in [1.165, 1.54) is 20.3 Å². The average Bonchev–Trinajstić information content (AvgIpc) is 2.43. The highest BCUT2D eigenvalue weighted by atomic mass is 32.2. The van der Waals surface area contributed by atoms with Gasteiger partial charge in [0.15, 0.2) is 0 Å². The second-order valence-corrected chi connectivity index (χ2v) is 5.61. The van der Waals surface area contributed by atoms with Crippen molar-refractivity contribution in [2.75, 3.05) is 34.4 Å². The average molecular weight is 288 g/mol. The molecule has 7 heteroatoms. The summed E-state index contributed by atoms with van der Waals surface area (Å²) in [7, 11) is 1.14. The third-order valence-corrected chi connectivity index (χ3v) is 4.04. The molecular weight excluding hydrogens is 268 g/mol. The fraction of sp³-hybridized carbons (Fsp3) is 0.500. The van der Waals surface area contributed by atoms with Gasteiger partial charge in [-0.15, -0.1) is 0 Å². The van der Waals surface area contributed by atoms with Crippen LogP contribution in [-0.2, 0) is 10.0 Å².